The van der Waals surface area contributed by atoms with Gasteiger partial charge in [-0.3, -0.25) is 14.7 Å². The topological polar surface area (TPSA) is 74.7 Å². The van der Waals surface area contributed by atoms with Gasteiger partial charge < -0.3 is 15.2 Å². The fourth-order valence-corrected chi connectivity index (χ4v) is 3.10. The number of ether oxygens (including phenoxy) is 1. The van der Waals surface area contributed by atoms with Gasteiger partial charge in [-0.2, -0.15) is 0 Å². The largest absolute Gasteiger partial charge is 0.497 e. The molecule has 0 bridgehead atoms. The fraction of sp³-hybridized carbons (Fsp3) is 0.368. The van der Waals surface area contributed by atoms with Crippen LogP contribution in [0.3, 0.4) is 0 Å². The molecule has 1 aliphatic heterocycles. The molecule has 26 heavy (non-hydrogen) atoms. The Bertz CT molecular complexity index is 757. The van der Waals surface area contributed by atoms with Crippen molar-refractivity contribution in [1.29, 1.82) is 0 Å². The van der Waals surface area contributed by atoms with Crippen molar-refractivity contribution in [1.82, 2.24) is 15.2 Å². The number of hydrogen-bond acceptors (Lipinski definition) is 5. The van der Waals surface area contributed by atoms with Gasteiger partial charge in [0.1, 0.15) is 11.6 Å². The Labute approximate surface area is 151 Å². The Morgan fingerprint density at radius 1 is 1.46 bits per heavy atom. The molecule has 7 heteroatoms. The maximum Gasteiger partial charge on any atom is 0.253 e. The number of halogens is 1. The number of pyridine rings is 1. The number of carbonyl (C=O) groups is 1. The van der Waals surface area contributed by atoms with E-state index >= 15 is 0 Å². The van der Waals surface area contributed by atoms with Crippen molar-refractivity contribution in [3.8, 4) is 5.75 Å². The Morgan fingerprint density at radius 2 is 2.31 bits per heavy atom. The number of rotatable bonds is 5. The molecule has 1 amide bonds. The van der Waals surface area contributed by atoms with E-state index in [9.17, 15) is 14.3 Å². The summed E-state index contributed by atoms with van der Waals surface area (Å²) in [6.07, 6.45) is 2.95. The van der Waals surface area contributed by atoms with Crippen LogP contribution in [0.2, 0.25) is 0 Å². The molecule has 6 nitrogen and oxygen atoms in total. The highest BCUT2D eigenvalue weighted by atomic mass is 19.1. The second-order valence-electron chi connectivity index (χ2n) is 6.37. The van der Waals surface area contributed by atoms with E-state index in [0.29, 0.717) is 42.9 Å². The number of hydrogen-bond donors (Lipinski definition) is 2. The highest BCUT2D eigenvalue weighted by Crippen LogP contribution is 2.20. The van der Waals surface area contributed by atoms with Crippen molar-refractivity contribution < 1.29 is 19.0 Å². The minimum absolute atomic E-state index is 0.255. The molecule has 1 aliphatic rings. The maximum absolute atomic E-state index is 14.0. The molecule has 0 unspecified atom stereocenters. The second-order valence-corrected chi connectivity index (χ2v) is 6.37. The summed E-state index contributed by atoms with van der Waals surface area (Å²) >= 11 is 0. The van der Waals surface area contributed by atoms with E-state index in [4.69, 9.17) is 4.74 Å². The van der Waals surface area contributed by atoms with Gasteiger partial charge in [-0.15, -0.1) is 0 Å². The van der Waals surface area contributed by atoms with E-state index in [-0.39, 0.29) is 17.8 Å². The molecule has 2 heterocycles. The summed E-state index contributed by atoms with van der Waals surface area (Å²) in [5, 5.41) is 13.2. The number of likely N-dealkylation sites (tertiary alicyclic amines) is 1. The lowest BCUT2D eigenvalue weighted by Gasteiger charge is -2.36. The van der Waals surface area contributed by atoms with Crippen LogP contribution in [0.5, 0.6) is 5.75 Å². The maximum atomic E-state index is 14.0. The number of aromatic nitrogens is 1. The Balaban J connectivity index is 1.58. The van der Waals surface area contributed by atoms with Crippen molar-refractivity contribution in [3.05, 3.63) is 59.7 Å². The molecule has 1 saturated heterocycles. The van der Waals surface area contributed by atoms with E-state index in [1.54, 1.807) is 30.5 Å². The number of aliphatic hydroxyl groups is 1. The third-order valence-corrected chi connectivity index (χ3v) is 4.55. The molecular weight excluding hydrogens is 337 g/mol. The van der Waals surface area contributed by atoms with Gasteiger partial charge in [0.2, 0.25) is 0 Å². The minimum Gasteiger partial charge on any atom is -0.497 e. The smallest absolute Gasteiger partial charge is 0.253 e. The van der Waals surface area contributed by atoms with Gasteiger partial charge in [-0.05, 0) is 36.8 Å². The van der Waals surface area contributed by atoms with E-state index < -0.39 is 6.10 Å². The monoisotopic (exact) mass is 359 g/mol. The highest BCUT2D eigenvalue weighted by molar-refractivity contribution is 5.94. The van der Waals surface area contributed by atoms with Crippen molar-refractivity contribution in [3.63, 3.8) is 0 Å². The van der Waals surface area contributed by atoms with E-state index in [0.717, 1.165) is 0 Å². The minimum atomic E-state index is -0.724. The fourth-order valence-electron chi connectivity index (χ4n) is 3.10. The summed E-state index contributed by atoms with van der Waals surface area (Å²) in [6, 6.07) is 7.65. The van der Waals surface area contributed by atoms with Crippen LogP contribution in [-0.4, -0.2) is 53.2 Å². The second kappa shape index (κ2) is 8.25. The first kappa shape index (κ1) is 18.3. The number of nitrogens with one attached hydrogen (secondary N) is 1. The quantitative estimate of drug-likeness (QED) is 0.848. The predicted octanol–water partition coefficient (Wildman–Crippen LogP) is 1.59. The van der Waals surface area contributed by atoms with E-state index in [1.165, 1.54) is 19.4 Å². The van der Waals surface area contributed by atoms with Crippen LogP contribution in [0.4, 0.5) is 4.39 Å². The molecule has 3 rings (SSSR count). The Kier molecular flexibility index (Phi) is 5.80. The van der Waals surface area contributed by atoms with Crippen molar-refractivity contribution in [2.75, 3.05) is 20.2 Å². The molecule has 2 atom stereocenters. The van der Waals surface area contributed by atoms with Crippen LogP contribution < -0.4 is 10.1 Å². The molecule has 138 valence electrons. The SMILES string of the molecule is COc1ccc(F)c(CN2CC[C@@H](NC(=O)c3cccnc3)[C@H](O)C2)c1. The molecule has 0 spiro atoms. The van der Waals surface area contributed by atoms with Gasteiger partial charge >= 0.3 is 0 Å². The zero-order valence-electron chi connectivity index (χ0n) is 14.6. The molecule has 1 aromatic carbocycles. The Hall–Kier alpha value is -2.51. The van der Waals surface area contributed by atoms with Crippen molar-refractivity contribution >= 4 is 5.91 Å². The molecule has 0 aliphatic carbocycles. The van der Waals surface area contributed by atoms with Crippen LogP contribution in [0.25, 0.3) is 0 Å². The molecular formula is C19H22FN3O3. The first-order valence-corrected chi connectivity index (χ1v) is 8.50. The number of β-amino-alcohol motifs (C(OH)–C–C–N with tert-alkyl or cyclic N) is 1. The summed E-state index contributed by atoms with van der Waals surface area (Å²) in [7, 11) is 1.54. The van der Waals surface area contributed by atoms with Crippen molar-refractivity contribution in [2.24, 2.45) is 0 Å². The summed E-state index contributed by atoms with van der Waals surface area (Å²) in [4.78, 5) is 18.1. The molecule has 1 fully saturated rings. The molecule has 0 radical (unpaired) electrons. The number of piperidine rings is 1. The van der Waals surface area contributed by atoms with Gasteiger partial charge in [0.25, 0.3) is 5.91 Å². The number of benzene rings is 1. The first-order valence-electron chi connectivity index (χ1n) is 8.50. The third-order valence-electron chi connectivity index (χ3n) is 4.55. The summed E-state index contributed by atoms with van der Waals surface area (Å²) in [5.74, 6) is 0.0438. The summed E-state index contributed by atoms with van der Waals surface area (Å²) < 4.78 is 19.1. The number of aliphatic hydroxyl groups excluding tert-OH is 1. The van der Waals surface area contributed by atoms with E-state index in [2.05, 4.69) is 10.3 Å². The van der Waals surface area contributed by atoms with E-state index in [1.807, 2.05) is 4.90 Å². The lowest BCUT2D eigenvalue weighted by molar-refractivity contribution is 0.0346. The third kappa shape index (κ3) is 4.36. The zero-order valence-corrected chi connectivity index (χ0v) is 14.6. The summed E-state index contributed by atoms with van der Waals surface area (Å²) in [6.45, 7) is 1.38. The molecule has 2 aromatic rings. The normalized spacial score (nSPS) is 20.6. The van der Waals surface area contributed by atoms with Crippen LogP contribution in [0, 0.1) is 5.82 Å². The molecule has 0 saturated carbocycles. The van der Waals surface area contributed by atoms with Crippen LogP contribution in [0.1, 0.15) is 22.3 Å². The number of methoxy groups -OCH3 is 1. The van der Waals surface area contributed by atoms with Crippen molar-refractivity contribution in [2.45, 2.75) is 25.1 Å². The average Bonchev–Trinajstić information content (AvgIpc) is 2.66. The summed E-state index contributed by atoms with van der Waals surface area (Å²) in [5.41, 5.74) is 0.981. The highest BCUT2D eigenvalue weighted by Gasteiger charge is 2.29. The predicted molar refractivity (Wildman–Crippen MR) is 94.3 cm³/mol. The van der Waals surface area contributed by atoms with Crippen LogP contribution in [-0.2, 0) is 6.54 Å². The number of carbonyl (C=O) groups excluding carboxylic acids is 1. The first-order chi connectivity index (χ1) is 12.6. The van der Waals surface area contributed by atoms with Gasteiger partial charge in [0.05, 0.1) is 24.8 Å². The number of amides is 1. The Morgan fingerprint density at radius 3 is 3.00 bits per heavy atom. The molecule has 2 N–H and O–H groups in total. The average molecular weight is 359 g/mol. The molecule has 1 aromatic heterocycles. The van der Waals surface area contributed by atoms with Crippen LogP contribution in [0.15, 0.2) is 42.7 Å². The number of nitrogens with zero attached hydrogens (tertiary/aromatic N) is 2. The van der Waals surface area contributed by atoms with Gasteiger partial charge in [0.15, 0.2) is 0 Å². The van der Waals surface area contributed by atoms with Gasteiger partial charge in [-0.1, -0.05) is 0 Å². The standard InChI is InChI=1S/C19H22FN3O3/c1-26-15-4-5-16(20)14(9-15)11-23-8-6-17(18(24)12-23)22-19(25)13-3-2-7-21-10-13/h2-5,7,9-10,17-18,24H,6,8,11-12H2,1H3,(H,22,25)/t17-,18-/m1/s1. The lowest BCUT2D eigenvalue weighted by Crippen LogP contribution is -2.53. The van der Waals surface area contributed by atoms with Crippen LogP contribution >= 0.6 is 0 Å². The lowest BCUT2D eigenvalue weighted by atomic mass is 10.0. The van der Waals surface area contributed by atoms with Gasteiger partial charge in [0, 0.05) is 37.6 Å². The zero-order chi connectivity index (χ0) is 18.5. The van der Waals surface area contributed by atoms with Gasteiger partial charge in [-0.25, -0.2) is 4.39 Å².